The summed E-state index contributed by atoms with van der Waals surface area (Å²) in [7, 11) is 0. The molecule has 2 heterocycles. The molecule has 2 aromatic carbocycles. The standard InChI is InChI=1S/C19H14F3N5O2/c20-19(21,22)18(26)11(6-24)17-9-4-15-14(28-7-29-15)3-8(9)16-10(5-23)12(25)1-2-13(16)27-17/h1-6,23,26H,7,24-25H2/b11-6-,23-5?,26-18?. The molecule has 0 atom stereocenters. The molecule has 7 nitrogen and oxygen atoms in total. The second-order valence-electron chi connectivity index (χ2n) is 6.27. The first-order valence-electron chi connectivity index (χ1n) is 8.30. The SMILES string of the molecule is N=Cc1c(N)ccc2nc(/C(=C/N)C(=N)C(F)(F)F)c3cc4c(cc3c12)OCO4. The van der Waals surface area contributed by atoms with E-state index in [0.29, 0.717) is 45.2 Å². The third-order valence-electron chi connectivity index (χ3n) is 4.65. The average molecular weight is 401 g/mol. The Morgan fingerprint density at radius 1 is 1.14 bits per heavy atom. The van der Waals surface area contributed by atoms with Crippen LogP contribution in [0.5, 0.6) is 11.5 Å². The molecule has 1 aromatic heterocycles. The molecule has 0 radical (unpaired) electrons. The number of benzene rings is 2. The summed E-state index contributed by atoms with van der Waals surface area (Å²) in [6, 6.07) is 6.14. The van der Waals surface area contributed by atoms with Gasteiger partial charge in [0.1, 0.15) is 5.71 Å². The Kier molecular flexibility index (Phi) is 4.07. The number of aromatic nitrogens is 1. The van der Waals surface area contributed by atoms with Crippen LogP contribution in [0.3, 0.4) is 0 Å². The lowest BCUT2D eigenvalue weighted by Crippen LogP contribution is -2.24. The molecular formula is C19H14F3N5O2. The number of rotatable bonds is 3. The summed E-state index contributed by atoms with van der Waals surface area (Å²) in [5, 5.41) is 16.5. The van der Waals surface area contributed by atoms with Gasteiger partial charge in [0.05, 0.1) is 11.2 Å². The zero-order chi connectivity index (χ0) is 20.9. The molecule has 148 valence electrons. The van der Waals surface area contributed by atoms with E-state index in [1.54, 1.807) is 6.07 Å². The van der Waals surface area contributed by atoms with Crippen molar-refractivity contribution >= 4 is 44.9 Å². The number of hydrogen-bond donors (Lipinski definition) is 4. The predicted molar refractivity (Wildman–Crippen MR) is 104 cm³/mol. The fourth-order valence-corrected chi connectivity index (χ4v) is 3.32. The Morgan fingerprint density at radius 2 is 1.79 bits per heavy atom. The average Bonchev–Trinajstić information content (AvgIpc) is 3.14. The van der Waals surface area contributed by atoms with Gasteiger partial charge in [0.25, 0.3) is 0 Å². The molecule has 0 saturated heterocycles. The van der Waals surface area contributed by atoms with E-state index >= 15 is 0 Å². The van der Waals surface area contributed by atoms with Gasteiger partial charge < -0.3 is 26.4 Å². The maximum atomic E-state index is 13.2. The number of hydrogen-bond acceptors (Lipinski definition) is 7. The Morgan fingerprint density at radius 3 is 2.38 bits per heavy atom. The van der Waals surface area contributed by atoms with E-state index in [-0.39, 0.29) is 17.9 Å². The van der Waals surface area contributed by atoms with Gasteiger partial charge >= 0.3 is 6.18 Å². The summed E-state index contributed by atoms with van der Waals surface area (Å²) in [5.41, 5.74) is 10.1. The number of fused-ring (bicyclic) bond motifs is 4. The largest absolute Gasteiger partial charge is 0.454 e. The maximum Gasteiger partial charge on any atom is 0.433 e. The van der Waals surface area contributed by atoms with Gasteiger partial charge in [-0.15, -0.1) is 0 Å². The zero-order valence-electron chi connectivity index (χ0n) is 14.7. The van der Waals surface area contributed by atoms with Gasteiger partial charge in [-0.1, -0.05) is 0 Å². The Balaban J connectivity index is 2.17. The van der Waals surface area contributed by atoms with Gasteiger partial charge in [-0.25, -0.2) is 4.98 Å². The number of nitrogens with zero attached hydrogens (tertiary/aromatic N) is 1. The molecule has 1 aliphatic heterocycles. The molecule has 0 bridgehead atoms. The van der Waals surface area contributed by atoms with Crippen LogP contribution in [0.2, 0.25) is 0 Å². The van der Waals surface area contributed by atoms with Crippen molar-refractivity contribution in [1.82, 2.24) is 4.98 Å². The van der Waals surface area contributed by atoms with Gasteiger partial charge in [-0.2, -0.15) is 13.2 Å². The van der Waals surface area contributed by atoms with Crippen LogP contribution in [0.1, 0.15) is 11.3 Å². The summed E-state index contributed by atoms with van der Waals surface area (Å²) in [6.45, 7) is -0.0378. The van der Waals surface area contributed by atoms with E-state index in [1.165, 1.54) is 18.2 Å². The third kappa shape index (κ3) is 2.80. The first-order chi connectivity index (χ1) is 13.8. The van der Waals surface area contributed by atoms with Gasteiger partial charge in [0, 0.05) is 40.0 Å². The number of nitrogens with two attached hydrogens (primary N) is 2. The predicted octanol–water partition coefficient (Wildman–Crippen LogP) is 3.58. The Bertz CT molecular complexity index is 1230. The van der Waals surface area contributed by atoms with Crippen molar-refractivity contribution in [2.75, 3.05) is 12.5 Å². The lowest BCUT2D eigenvalue weighted by atomic mass is 9.95. The smallest absolute Gasteiger partial charge is 0.433 e. The molecule has 0 amide bonds. The quantitative estimate of drug-likeness (QED) is 0.303. The second kappa shape index (κ2) is 6.36. The van der Waals surface area contributed by atoms with Crippen LogP contribution in [0.25, 0.3) is 27.2 Å². The number of anilines is 1. The topological polar surface area (TPSA) is 131 Å². The summed E-state index contributed by atoms with van der Waals surface area (Å²) >= 11 is 0. The van der Waals surface area contributed by atoms with Crippen molar-refractivity contribution in [3.05, 3.63) is 41.7 Å². The third-order valence-corrected chi connectivity index (χ3v) is 4.65. The van der Waals surface area contributed by atoms with E-state index in [2.05, 4.69) is 4.98 Å². The zero-order valence-corrected chi connectivity index (χ0v) is 14.7. The summed E-state index contributed by atoms with van der Waals surface area (Å²) in [6.07, 6.45) is -3.14. The van der Waals surface area contributed by atoms with E-state index in [1.807, 2.05) is 0 Å². The molecule has 29 heavy (non-hydrogen) atoms. The Hall–Kier alpha value is -3.82. The van der Waals surface area contributed by atoms with Gasteiger partial charge in [-0.3, -0.25) is 5.41 Å². The van der Waals surface area contributed by atoms with Crippen molar-refractivity contribution in [1.29, 1.82) is 10.8 Å². The summed E-state index contributed by atoms with van der Waals surface area (Å²) in [4.78, 5) is 4.34. The number of nitrogen functional groups attached to an aromatic ring is 1. The maximum absolute atomic E-state index is 13.2. The second-order valence-corrected chi connectivity index (χ2v) is 6.27. The minimum absolute atomic E-state index is 0.0378. The number of nitrogens with one attached hydrogen (secondary N) is 2. The first-order valence-corrected chi connectivity index (χ1v) is 8.30. The van der Waals surface area contributed by atoms with Gasteiger partial charge in [0.2, 0.25) is 6.79 Å². The van der Waals surface area contributed by atoms with Crippen molar-refractivity contribution < 1.29 is 22.6 Å². The summed E-state index contributed by atoms with van der Waals surface area (Å²) < 4.78 is 50.5. The lowest BCUT2D eigenvalue weighted by molar-refractivity contribution is -0.0578. The first kappa shape index (κ1) is 18.5. The van der Waals surface area contributed by atoms with Gasteiger partial charge in [-0.05, 0) is 29.7 Å². The molecule has 0 saturated carbocycles. The van der Waals surface area contributed by atoms with Crippen LogP contribution in [-0.4, -0.2) is 29.9 Å². The highest BCUT2D eigenvalue weighted by atomic mass is 19.4. The van der Waals surface area contributed by atoms with E-state index < -0.39 is 17.5 Å². The molecule has 0 aliphatic carbocycles. The van der Waals surface area contributed by atoms with E-state index in [9.17, 15) is 13.2 Å². The van der Waals surface area contributed by atoms with Crippen LogP contribution < -0.4 is 20.9 Å². The van der Waals surface area contributed by atoms with Crippen LogP contribution in [0.4, 0.5) is 18.9 Å². The van der Waals surface area contributed by atoms with Gasteiger partial charge in [0.15, 0.2) is 11.5 Å². The lowest BCUT2D eigenvalue weighted by Gasteiger charge is -2.16. The normalized spacial score (nSPS) is 13.8. The molecule has 4 rings (SSSR count). The number of allylic oxidation sites excluding steroid dienone is 1. The monoisotopic (exact) mass is 401 g/mol. The van der Waals surface area contributed by atoms with Crippen molar-refractivity contribution in [2.45, 2.75) is 6.18 Å². The highest BCUT2D eigenvalue weighted by molar-refractivity contribution is 6.29. The minimum Gasteiger partial charge on any atom is -0.454 e. The number of ether oxygens (including phenoxy) is 2. The van der Waals surface area contributed by atoms with Crippen LogP contribution in [0.15, 0.2) is 30.5 Å². The molecule has 0 unspecified atom stereocenters. The van der Waals surface area contributed by atoms with E-state index in [0.717, 1.165) is 6.21 Å². The van der Waals surface area contributed by atoms with E-state index in [4.69, 9.17) is 31.8 Å². The Labute approximate surface area is 161 Å². The molecule has 1 aliphatic rings. The molecule has 0 fully saturated rings. The van der Waals surface area contributed by atoms with Crippen molar-refractivity contribution in [3.63, 3.8) is 0 Å². The number of halogens is 3. The highest BCUT2D eigenvalue weighted by Crippen LogP contribution is 2.42. The minimum atomic E-state index is -4.91. The fraction of sp³-hybridized carbons (Fsp3) is 0.105. The van der Waals surface area contributed by atoms with Crippen LogP contribution >= 0.6 is 0 Å². The van der Waals surface area contributed by atoms with Crippen LogP contribution in [-0.2, 0) is 0 Å². The fourth-order valence-electron chi connectivity index (χ4n) is 3.32. The van der Waals surface area contributed by atoms with Crippen LogP contribution in [0, 0.1) is 10.8 Å². The molecule has 3 aromatic rings. The van der Waals surface area contributed by atoms with Crippen molar-refractivity contribution in [2.24, 2.45) is 5.73 Å². The number of pyridine rings is 1. The summed E-state index contributed by atoms with van der Waals surface area (Å²) in [5.74, 6) is 0.730. The highest BCUT2D eigenvalue weighted by Gasteiger charge is 2.38. The molecule has 10 heteroatoms. The molecular weight excluding hydrogens is 387 g/mol. The molecule has 0 spiro atoms. The van der Waals surface area contributed by atoms with Crippen molar-refractivity contribution in [3.8, 4) is 11.5 Å². The number of alkyl halides is 3. The molecule has 6 N–H and O–H groups in total.